The van der Waals surface area contributed by atoms with E-state index in [1.165, 1.54) is 23.2 Å². The number of hydrazine groups is 1. The number of para-hydroxylation sites is 1. The number of nitrogens with zero attached hydrogens (tertiary/aromatic N) is 1. The van der Waals surface area contributed by atoms with Crippen molar-refractivity contribution in [1.29, 1.82) is 0 Å². The molecule has 7 heteroatoms. The van der Waals surface area contributed by atoms with Crippen molar-refractivity contribution in [1.82, 2.24) is 10.4 Å². The minimum absolute atomic E-state index is 0.306. The second kappa shape index (κ2) is 11.8. The average molecular weight is 465 g/mol. The Labute approximate surface area is 199 Å². The van der Waals surface area contributed by atoms with Crippen LogP contribution in [-0.4, -0.2) is 36.1 Å². The molecule has 1 N–H and O–H groups in total. The lowest BCUT2D eigenvalue weighted by Crippen LogP contribution is -2.51. The van der Waals surface area contributed by atoms with Crippen LogP contribution in [-0.2, 0) is 4.79 Å². The molecule has 0 saturated heterocycles. The van der Waals surface area contributed by atoms with Gasteiger partial charge in [0.25, 0.3) is 11.8 Å². The highest BCUT2D eigenvalue weighted by atomic mass is 19.1. The molecule has 3 rings (SSSR count). The van der Waals surface area contributed by atoms with Crippen LogP contribution >= 0.6 is 0 Å². The number of nitrogens with one attached hydrogen (secondary N) is 1. The van der Waals surface area contributed by atoms with Crippen molar-refractivity contribution < 1.29 is 23.5 Å². The molecule has 0 saturated carbocycles. The van der Waals surface area contributed by atoms with E-state index in [0.29, 0.717) is 34.8 Å². The molecule has 0 aliphatic rings. The summed E-state index contributed by atoms with van der Waals surface area (Å²) in [6.07, 6.45) is 0.828. The molecule has 0 aromatic heterocycles. The maximum atomic E-state index is 14.1. The van der Waals surface area contributed by atoms with E-state index in [1.807, 2.05) is 37.3 Å². The molecule has 0 aliphatic carbocycles. The van der Waals surface area contributed by atoms with Crippen LogP contribution in [0.25, 0.3) is 11.1 Å². The number of hydrogen-bond acceptors (Lipinski definition) is 4. The summed E-state index contributed by atoms with van der Waals surface area (Å²) in [6.45, 7) is 5.75. The van der Waals surface area contributed by atoms with Gasteiger partial charge in [-0.15, -0.1) is 0 Å². The fourth-order valence-electron chi connectivity index (χ4n) is 3.32. The number of ether oxygens (including phenoxy) is 2. The molecule has 0 fully saturated rings. The van der Waals surface area contributed by atoms with Crippen LogP contribution in [0, 0.1) is 5.82 Å². The molecule has 0 heterocycles. The number of amides is 2. The first-order valence-electron chi connectivity index (χ1n) is 11.2. The van der Waals surface area contributed by atoms with Gasteiger partial charge in [-0.3, -0.25) is 15.0 Å². The zero-order chi connectivity index (χ0) is 24.5. The number of halogens is 1. The van der Waals surface area contributed by atoms with Crippen molar-refractivity contribution in [2.24, 2.45) is 0 Å². The summed E-state index contributed by atoms with van der Waals surface area (Å²) in [5, 5.41) is 1.23. The van der Waals surface area contributed by atoms with E-state index < -0.39 is 17.6 Å². The van der Waals surface area contributed by atoms with Crippen molar-refractivity contribution >= 4 is 11.8 Å². The number of benzene rings is 3. The Morgan fingerprint density at radius 1 is 0.912 bits per heavy atom. The molecule has 2 amide bonds. The molecular weight excluding hydrogens is 435 g/mol. The summed E-state index contributed by atoms with van der Waals surface area (Å²) in [5.74, 6) is -0.333. The van der Waals surface area contributed by atoms with Gasteiger partial charge < -0.3 is 9.47 Å². The normalized spacial score (nSPS) is 10.6. The Morgan fingerprint density at radius 3 is 2.29 bits per heavy atom. The van der Waals surface area contributed by atoms with Crippen molar-refractivity contribution in [3.05, 3.63) is 84.2 Å². The first-order valence-corrected chi connectivity index (χ1v) is 11.2. The van der Waals surface area contributed by atoms with Crippen molar-refractivity contribution in [2.45, 2.75) is 33.2 Å². The summed E-state index contributed by atoms with van der Waals surface area (Å²) < 4.78 is 25.8. The Hall–Kier alpha value is -3.87. The van der Waals surface area contributed by atoms with Gasteiger partial charge in [-0.1, -0.05) is 43.3 Å². The molecule has 3 aromatic rings. The number of carbonyl (C=O) groups excluding carboxylic acids is 2. The van der Waals surface area contributed by atoms with Gasteiger partial charge in [0.2, 0.25) is 0 Å². The van der Waals surface area contributed by atoms with Crippen LogP contribution in [0.15, 0.2) is 72.8 Å². The lowest BCUT2D eigenvalue weighted by Gasteiger charge is -2.27. The minimum Gasteiger partial charge on any atom is -0.493 e. The monoisotopic (exact) mass is 464 g/mol. The maximum Gasteiger partial charge on any atom is 0.279 e. The fraction of sp³-hybridized carbons (Fsp3) is 0.259. The highest BCUT2D eigenvalue weighted by Gasteiger charge is 2.22. The smallest absolute Gasteiger partial charge is 0.279 e. The van der Waals surface area contributed by atoms with E-state index >= 15 is 0 Å². The minimum atomic E-state index is -0.440. The Balaban J connectivity index is 1.78. The standard InChI is InChI=1S/C27H29FN2O4/c1-4-16-33-24-13-9-8-12-22(24)23-17-21(28)14-15-25(23)34-18-26(31)30(19(2)3)29-27(32)20-10-6-5-7-11-20/h5-15,17,19H,4,16,18H2,1-3H3,(H,29,32). The van der Waals surface area contributed by atoms with Gasteiger partial charge in [-0.2, -0.15) is 0 Å². The van der Waals surface area contributed by atoms with Gasteiger partial charge in [0, 0.05) is 22.7 Å². The Morgan fingerprint density at radius 2 is 1.59 bits per heavy atom. The van der Waals surface area contributed by atoms with Crippen molar-refractivity contribution in [2.75, 3.05) is 13.2 Å². The molecule has 0 bridgehead atoms. The van der Waals surface area contributed by atoms with E-state index in [4.69, 9.17) is 9.47 Å². The third-order valence-electron chi connectivity index (χ3n) is 4.97. The van der Waals surface area contributed by atoms with Gasteiger partial charge in [0.15, 0.2) is 6.61 Å². The largest absolute Gasteiger partial charge is 0.493 e. The number of carbonyl (C=O) groups is 2. The van der Waals surface area contributed by atoms with Crippen LogP contribution in [0.2, 0.25) is 0 Å². The lowest BCUT2D eigenvalue weighted by atomic mass is 10.0. The number of rotatable bonds is 9. The first kappa shape index (κ1) is 24.8. The lowest BCUT2D eigenvalue weighted by molar-refractivity contribution is -0.137. The van der Waals surface area contributed by atoms with Gasteiger partial charge in [0.1, 0.15) is 17.3 Å². The predicted molar refractivity (Wildman–Crippen MR) is 129 cm³/mol. The Kier molecular flexibility index (Phi) is 8.62. The first-order chi connectivity index (χ1) is 16.4. The topological polar surface area (TPSA) is 67.9 Å². The summed E-state index contributed by atoms with van der Waals surface area (Å²) in [4.78, 5) is 25.5. The van der Waals surface area contributed by atoms with Crippen LogP contribution in [0.1, 0.15) is 37.6 Å². The second-order valence-electron chi connectivity index (χ2n) is 7.94. The van der Waals surface area contributed by atoms with Crippen LogP contribution in [0.5, 0.6) is 11.5 Å². The molecule has 0 atom stereocenters. The maximum absolute atomic E-state index is 14.1. The highest BCUT2D eigenvalue weighted by Crippen LogP contribution is 2.37. The van der Waals surface area contributed by atoms with Crippen LogP contribution in [0.4, 0.5) is 4.39 Å². The van der Waals surface area contributed by atoms with E-state index in [0.717, 1.165) is 6.42 Å². The molecule has 178 valence electrons. The summed E-state index contributed by atoms with van der Waals surface area (Å²) in [6, 6.07) is 19.7. The van der Waals surface area contributed by atoms with E-state index in [2.05, 4.69) is 5.43 Å². The van der Waals surface area contributed by atoms with E-state index in [9.17, 15) is 14.0 Å². The van der Waals surface area contributed by atoms with Crippen molar-refractivity contribution in [3.8, 4) is 22.6 Å². The van der Waals surface area contributed by atoms with Gasteiger partial charge in [-0.05, 0) is 56.7 Å². The predicted octanol–water partition coefficient (Wildman–Crippen LogP) is 5.24. The molecule has 34 heavy (non-hydrogen) atoms. The zero-order valence-electron chi connectivity index (χ0n) is 19.6. The third-order valence-corrected chi connectivity index (χ3v) is 4.97. The van der Waals surface area contributed by atoms with E-state index in [-0.39, 0.29) is 12.6 Å². The molecule has 3 aromatic carbocycles. The molecule has 6 nitrogen and oxygen atoms in total. The molecule has 0 aliphatic heterocycles. The zero-order valence-corrected chi connectivity index (χ0v) is 19.6. The molecule has 0 radical (unpaired) electrons. The van der Waals surface area contributed by atoms with Crippen LogP contribution in [0.3, 0.4) is 0 Å². The summed E-state index contributed by atoms with van der Waals surface area (Å²) in [7, 11) is 0. The average Bonchev–Trinajstić information content (AvgIpc) is 2.85. The van der Waals surface area contributed by atoms with E-state index in [1.54, 1.807) is 38.1 Å². The quantitative estimate of drug-likeness (QED) is 0.440. The molecular formula is C27H29FN2O4. The summed E-state index contributed by atoms with van der Waals surface area (Å²) >= 11 is 0. The highest BCUT2D eigenvalue weighted by molar-refractivity contribution is 5.95. The van der Waals surface area contributed by atoms with Crippen LogP contribution < -0.4 is 14.9 Å². The van der Waals surface area contributed by atoms with Gasteiger partial charge >= 0.3 is 0 Å². The fourth-order valence-corrected chi connectivity index (χ4v) is 3.32. The molecule has 0 spiro atoms. The van der Waals surface area contributed by atoms with Gasteiger partial charge in [-0.25, -0.2) is 9.40 Å². The number of hydrogen-bond donors (Lipinski definition) is 1. The second-order valence-corrected chi connectivity index (χ2v) is 7.94. The SMILES string of the molecule is CCCOc1ccccc1-c1cc(F)ccc1OCC(=O)N(NC(=O)c1ccccc1)C(C)C. The Bertz CT molecular complexity index is 1120. The third kappa shape index (κ3) is 6.34. The summed E-state index contributed by atoms with van der Waals surface area (Å²) in [5.41, 5.74) is 4.22. The van der Waals surface area contributed by atoms with Gasteiger partial charge in [0.05, 0.1) is 6.61 Å². The molecule has 0 unspecified atom stereocenters. The van der Waals surface area contributed by atoms with Crippen molar-refractivity contribution in [3.63, 3.8) is 0 Å².